The molecule has 1 heterocycles. The summed E-state index contributed by atoms with van der Waals surface area (Å²) in [7, 11) is 0. The van der Waals surface area contributed by atoms with E-state index in [9.17, 15) is 9.90 Å². The fraction of sp³-hybridized carbons (Fsp3) is 0.421. The van der Waals surface area contributed by atoms with Gasteiger partial charge in [-0.1, -0.05) is 37.3 Å². The van der Waals surface area contributed by atoms with Crippen LogP contribution in [0.4, 0.5) is 0 Å². The quantitative estimate of drug-likeness (QED) is 0.853. The summed E-state index contributed by atoms with van der Waals surface area (Å²) in [6.07, 6.45) is 4.42. The van der Waals surface area contributed by atoms with Crippen molar-refractivity contribution in [3.63, 3.8) is 0 Å². The number of aliphatic hydroxyl groups is 1. The third-order valence-electron chi connectivity index (χ3n) is 4.34. The molecule has 4 heteroatoms. The molecule has 23 heavy (non-hydrogen) atoms. The van der Waals surface area contributed by atoms with Crippen molar-refractivity contribution in [2.45, 2.75) is 44.9 Å². The Balaban J connectivity index is 1.81. The number of hydrogen-bond acceptors (Lipinski definition) is 2. The second-order valence-corrected chi connectivity index (χ2v) is 6.27. The first kappa shape index (κ1) is 15.8. The summed E-state index contributed by atoms with van der Waals surface area (Å²) < 4.78 is 2.08. The predicted molar refractivity (Wildman–Crippen MR) is 90.2 cm³/mol. The van der Waals surface area contributed by atoms with Crippen molar-refractivity contribution in [1.29, 1.82) is 0 Å². The number of carbonyl (C=O) groups is 1. The molecule has 1 aliphatic carbocycles. The van der Waals surface area contributed by atoms with Crippen molar-refractivity contribution in [3.8, 4) is 0 Å². The highest BCUT2D eigenvalue weighted by atomic mass is 16.3. The van der Waals surface area contributed by atoms with Gasteiger partial charge < -0.3 is 14.6 Å². The Morgan fingerprint density at radius 3 is 2.65 bits per heavy atom. The van der Waals surface area contributed by atoms with Crippen molar-refractivity contribution in [2.24, 2.45) is 0 Å². The number of amides is 1. The third kappa shape index (κ3) is 3.82. The van der Waals surface area contributed by atoms with E-state index in [0.29, 0.717) is 25.6 Å². The zero-order valence-corrected chi connectivity index (χ0v) is 13.6. The minimum Gasteiger partial charge on any atom is -0.391 e. The van der Waals surface area contributed by atoms with E-state index in [1.54, 1.807) is 4.90 Å². The number of rotatable bonds is 7. The van der Waals surface area contributed by atoms with Crippen LogP contribution in [-0.4, -0.2) is 33.1 Å². The maximum Gasteiger partial charge on any atom is 0.270 e. The van der Waals surface area contributed by atoms with Crippen LogP contribution in [0.5, 0.6) is 0 Å². The fourth-order valence-electron chi connectivity index (χ4n) is 2.81. The molecule has 0 spiro atoms. The molecule has 3 rings (SSSR count). The van der Waals surface area contributed by atoms with Gasteiger partial charge in [0.1, 0.15) is 5.69 Å². The lowest BCUT2D eigenvalue weighted by Gasteiger charge is -2.25. The zero-order chi connectivity index (χ0) is 16.2. The molecule has 0 radical (unpaired) electrons. The Morgan fingerprint density at radius 2 is 2.00 bits per heavy atom. The van der Waals surface area contributed by atoms with Crippen molar-refractivity contribution < 1.29 is 9.90 Å². The van der Waals surface area contributed by atoms with Crippen LogP contribution in [0.15, 0.2) is 48.7 Å². The number of carbonyl (C=O) groups excluding carboxylic acids is 1. The van der Waals surface area contributed by atoms with Crippen LogP contribution in [-0.2, 0) is 6.54 Å². The van der Waals surface area contributed by atoms with E-state index in [2.05, 4.69) is 4.57 Å². The minimum absolute atomic E-state index is 0.00162. The van der Waals surface area contributed by atoms with Gasteiger partial charge in [0.05, 0.1) is 6.10 Å². The summed E-state index contributed by atoms with van der Waals surface area (Å²) in [6, 6.07) is 14.2. The molecule has 0 bridgehead atoms. The van der Waals surface area contributed by atoms with E-state index < -0.39 is 6.10 Å². The molecule has 1 aliphatic rings. The summed E-state index contributed by atoms with van der Waals surface area (Å²) >= 11 is 0. The molecule has 1 aromatic carbocycles. The zero-order valence-electron chi connectivity index (χ0n) is 13.6. The van der Waals surface area contributed by atoms with Crippen molar-refractivity contribution >= 4 is 5.91 Å². The molecular formula is C19H24N2O2. The summed E-state index contributed by atoms with van der Waals surface area (Å²) in [5.41, 5.74) is 1.81. The predicted octanol–water partition coefficient (Wildman–Crippen LogP) is 3.24. The monoisotopic (exact) mass is 312 g/mol. The molecule has 0 saturated heterocycles. The van der Waals surface area contributed by atoms with Gasteiger partial charge in [-0.15, -0.1) is 0 Å². The second-order valence-electron chi connectivity index (χ2n) is 6.27. The number of hydrogen-bond donors (Lipinski definition) is 1. The highest BCUT2D eigenvalue weighted by Crippen LogP contribution is 2.36. The van der Waals surface area contributed by atoms with Crippen molar-refractivity contribution in [2.75, 3.05) is 6.54 Å². The molecular weight excluding hydrogens is 288 g/mol. The Kier molecular flexibility index (Phi) is 4.82. The maximum absolute atomic E-state index is 13.0. The average molecular weight is 312 g/mol. The van der Waals surface area contributed by atoms with E-state index in [0.717, 1.165) is 24.1 Å². The van der Waals surface area contributed by atoms with Gasteiger partial charge in [0, 0.05) is 25.3 Å². The van der Waals surface area contributed by atoms with Gasteiger partial charge in [0.15, 0.2) is 0 Å². The van der Waals surface area contributed by atoms with Crippen LogP contribution in [0.2, 0.25) is 0 Å². The van der Waals surface area contributed by atoms with Gasteiger partial charge in [-0.3, -0.25) is 4.79 Å². The smallest absolute Gasteiger partial charge is 0.270 e. The van der Waals surface area contributed by atoms with E-state index >= 15 is 0 Å². The van der Waals surface area contributed by atoms with Crippen LogP contribution in [0, 0.1) is 0 Å². The summed E-state index contributed by atoms with van der Waals surface area (Å²) in [6.45, 7) is 2.81. The van der Waals surface area contributed by atoms with Crippen LogP contribution >= 0.6 is 0 Å². The molecule has 4 nitrogen and oxygen atoms in total. The second kappa shape index (κ2) is 7.01. The molecule has 1 amide bonds. The first-order chi connectivity index (χ1) is 11.2. The standard InChI is InChI=1S/C19H24N2O2/c1-2-17(22)14-20(13-15-7-4-3-5-8-15)19(23)18-9-6-12-21(18)16-10-11-16/h3-9,12,16-17,22H,2,10-11,13-14H2,1H3. The lowest BCUT2D eigenvalue weighted by molar-refractivity contribution is 0.0588. The van der Waals surface area contributed by atoms with Crippen LogP contribution in [0.3, 0.4) is 0 Å². The van der Waals surface area contributed by atoms with Gasteiger partial charge in [-0.25, -0.2) is 0 Å². The molecule has 1 aromatic heterocycles. The molecule has 1 saturated carbocycles. The molecule has 122 valence electrons. The van der Waals surface area contributed by atoms with Gasteiger partial charge in [0.25, 0.3) is 5.91 Å². The van der Waals surface area contributed by atoms with E-state index in [-0.39, 0.29) is 5.91 Å². The summed E-state index contributed by atoms with van der Waals surface area (Å²) in [5.74, 6) is -0.00162. The third-order valence-corrected chi connectivity index (χ3v) is 4.34. The van der Waals surface area contributed by atoms with Crippen molar-refractivity contribution in [1.82, 2.24) is 9.47 Å². The van der Waals surface area contributed by atoms with Gasteiger partial charge >= 0.3 is 0 Å². The number of aliphatic hydroxyl groups excluding tert-OH is 1. The Hall–Kier alpha value is -2.07. The lowest BCUT2D eigenvalue weighted by Crippen LogP contribution is -2.37. The van der Waals surface area contributed by atoms with E-state index in [1.807, 2.05) is 55.6 Å². The number of nitrogens with zero attached hydrogens (tertiary/aromatic N) is 2. The van der Waals surface area contributed by atoms with Gasteiger partial charge in [-0.05, 0) is 37.0 Å². The number of benzene rings is 1. The summed E-state index contributed by atoms with van der Waals surface area (Å²) in [4.78, 5) is 14.8. The highest BCUT2D eigenvalue weighted by molar-refractivity contribution is 5.93. The number of aromatic nitrogens is 1. The first-order valence-corrected chi connectivity index (χ1v) is 8.37. The van der Waals surface area contributed by atoms with Crippen LogP contribution < -0.4 is 0 Å². The Morgan fingerprint density at radius 1 is 1.26 bits per heavy atom. The largest absolute Gasteiger partial charge is 0.391 e. The Bertz CT molecular complexity index is 646. The molecule has 0 aliphatic heterocycles. The maximum atomic E-state index is 13.0. The minimum atomic E-state index is -0.494. The van der Waals surface area contributed by atoms with Gasteiger partial charge in [-0.2, -0.15) is 0 Å². The highest BCUT2D eigenvalue weighted by Gasteiger charge is 2.29. The first-order valence-electron chi connectivity index (χ1n) is 8.37. The molecule has 1 N–H and O–H groups in total. The summed E-state index contributed by atoms with van der Waals surface area (Å²) in [5, 5.41) is 10.0. The topological polar surface area (TPSA) is 45.5 Å². The molecule has 1 fully saturated rings. The molecule has 1 atom stereocenters. The van der Waals surface area contributed by atoms with Crippen molar-refractivity contribution in [3.05, 3.63) is 59.9 Å². The normalized spacial score (nSPS) is 15.4. The van der Waals surface area contributed by atoms with Crippen LogP contribution in [0.25, 0.3) is 0 Å². The lowest BCUT2D eigenvalue weighted by atomic mass is 10.1. The van der Waals surface area contributed by atoms with E-state index in [1.165, 1.54) is 0 Å². The molecule has 1 unspecified atom stereocenters. The Labute approximate surface area is 137 Å². The van der Waals surface area contributed by atoms with Crippen LogP contribution in [0.1, 0.15) is 48.3 Å². The average Bonchev–Trinajstić information content (AvgIpc) is 3.31. The van der Waals surface area contributed by atoms with E-state index in [4.69, 9.17) is 0 Å². The van der Waals surface area contributed by atoms with Gasteiger partial charge in [0.2, 0.25) is 0 Å². The SMILES string of the molecule is CCC(O)CN(Cc1ccccc1)C(=O)c1cccn1C1CC1. The molecule has 2 aromatic rings. The fourth-order valence-corrected chi connectivity index (χ4v) is 2.81.